The highest BCUT2D eigenvalue weighted by atomic mass is 35.5. The van der Waals surface area contributed by atoms with E-state index >= 15 is 0 Å². The fourth-order valence-electron chi connectivity index (χ4n) is 2.43. The Hall–Kier alpha value is -2.54. The number of nitrogens with one attached hydrogen (secondary N) is 1. The number of carbonyl (C=O) groups excluding carboxylic acids is 2. The van der Waals surface area contributed by atoms with Gasteiger partial charge in [0.05, 0.1) is 16.3 Å². The van der Waals surface area contributed by atoms with E-state index in [4.69, 9.17) is 11.6 Å². The van der Waals surface area contributed by atoms with E-state index in [2.05, 4.69) is 5.32 Å². The summed E-state index contributed by atoms with van der Waals surface area (Å²) in [6.07, 6.45) is -4.55. The highest BCUT2D eigenvalue weighted by molar-refractivity contribution is 6.33. The Kier molecular flexibility index (Phi) is 6.49. The number of rotatable bonds is 5. The molecule has 0 fully saturated rings. The van der Waals surface area contributed by atoms with Crippen LogP contribution in [0.5, 0.6) is 0 Å². The maximum atomic E-state index is 12.9. The summed E-state index contributed by atoms with van der Waals surface area (Å²) >= 11 is 5.99. The van der Waals surface area contributed by atoms with Gasteiger partial charge in [-0.1, -0.05) is 29.3 Å². The molecule has 0 heterocycles. The molecular weight excluding hydrogens is 381 g/mol. The monoisotopic (exact) mass is 398 g/mol. The lowest BCUT2D eigenvalue weighted by molar-refractivity contribution is -0.137. The molecule has 0 aromatic heterocycles. The van der Waals surface area contributed by atoms with Crippen LogP contribution in [-0.2, 0) is 11.0 Å². The lowest BCUT2D eigenvalue weighted by Gasteiger charge is -2.23. The Morgan fingerprint density at radius 3 is 2.30 bits per heavy atom. The molecule has 0 aliphatic rings. The highest BCUT2D eigenvalue weighted by Crippen LogP contribution is 2.35. The molecule has 8 heteroatoms. The zero-order valence-electron chi connectivity index (χ0n) is 14.7. The smallest absolute Gasteiger partial charge is 0.350 e. The molecule has 0 aliphatic heterocycles. The van der Waals surface area contributed by atoms with Crippen molar-refractivity contribution < 1.29 is 22.8 Å². The van der Waals surface area contributed by atoms with Gasteiger partial charge in [0.25, 0.3) is 5.91 Å². The lowest BCUT2D eigenvalue weighted by Crippen LogP contribution is -2.37. The number of alkyl halides is 3. The van der Waals surface area contributed by atoms with Crippen LogP contribution >= 0.6 is 11.6 Å². The van der Waals surface area contributed by atoms with Crippen LogP contribution in [0.2, 0.25) is 5.02 Å². The molecule has 144 valence electrons. The molecule has 0 bridgehead atoms. The summed E-state index contributed by atoms with van der Waals surface area (Å²) in [5, 5.41) is 2.66. The van der Waals surface area contributed by atoms with Gasteiger partial charge in [-0.2, -0.15) is 13.2 Å². The average Bonchev–Trinajstić information content (AvgIpc) is 2.58. The minimum atomic E-state index is -4.55. The number of benzene rings is 2. The van der Waals surface area contributed by atoms with E-state index in [9.17, 15) is 22.8 Å². The Labute approximate surface area is 159 Å². The number of carbonyl (C=O) groups is 2. The standard InChI is InChI=1S/C19H18ClF3N2O2/c1-12-3-5-14(6-4-12)18(27)24-9-10-25(13(2)26)17-11-15(19(21,22)23)7-8-16(17)20/h3-8,11H,9-10H2,1-2H3,(H,24,27). The van der Waals surface area contributed by atoms with Gasteiger partial charge in [0.1, 0.15) is 0 Å². The normalized spacial score (nSPS) is 11.2. The zero-order valence-corrected chi connectivity index (χ0v) is 15.5. The summed E-state index contributed by atoms with van der Waals surface area (Å²) in [5.41, 5.74) is 0.501. The number of nitrogens with zero attached hydrogens (tertiary/aromatic N) is 1. The van der Waals surface area contributed by atoms with Crippen molar-refractivity contribution in [2.24, 2.45) is 0 Å². The number of hydrogen-bond donors (Lipinski definition) is 1. The number of anilines is 1. The highest BCUT2D eigenvalue weighted by Gasteiger charge is 2.32. The Balaban J connectivity index is 2.11. The third-order valence-electron chi connectivity index (χ3n) is 3.88. The quantitative estimate of drug-likeness (QED) is 0.809. The second kappa shape index (κ2) is 8.43. The Morgan fingerprint density at radius 1 is 1.11 bits per heavy atom. The van der Waals surface area contributed by atoms with E-state index in [-0.39, 0.29) is 29.7 Å². The van der Waals surface area contributed by atoms with Crippen LogP contribution in [0.25, 0.3) is 0 Å². The molecule has 2 amide bonds. The summed E-state index contributed by atoms with van der Waals surface area (Å²) in [6.45, 7) is 3.15. The first-order valence-electron chi connectivity index (χ1n) is 8.09. The van der Waals surface area contributed by atoms with Gasteiger partial charge in [-0.15, -0.1) is 0 Å². The summed E-state index contributed by atoms with van der Waals surface area (Å²) in [6, 6.07) is 9.68. The van der Waals surface area contributed by atoms with Crippen molar-refractivity contribution in [3.05, 3.63) is 64.2 Å². The van der Waals surface area contributed by atoms with E-state index < -0.39 is 17.6 Å². The van der Waals surface area contributed by atoms with Crippen LogP contribution in [0.15, 0.2) is 42.5 Å². The van der Waals surface area contributed by atoms with Crippen LogP contribution in [0.1, 0.15) is 28.4 Å². The van der Waals surface area contributed by atoms with Crippen molar-refractivity contribution in [1.82, 2.24) is 5.32 Å². The van der Waals surface area contributed by atoms with Gasteiger partial charge in [0.2, 0.25) is 5.91 Å². The van der Waals surface area contributed by atoms with Crippen LogP contribution in [-0.4, -0.2) is 24.9 Å². The molecule has 2 aromatic rings. The Morgan fingerprint density at radius 2 is 1.74 bits per heavy atom. The summed E-state index contributed by atoms with van der Waals surface area (Å²) < 4.78 is 38.8. The summed E-state index contributed by atoms with van der Waals surface area (Å²) in [7, 11) is 0. The predicted octanol–water partition coefficient (Wildman–Crippen LogP) is 4.45. The first kappa shape index (κ1) is 20.8. The molecule has 27 heavy (non-hydrogen) atoms. The van der Waals surface area contributed by atoms with E-state index in [1.165, 1.54) is 6.92 Å². The molecule has 0 saturated carbocycles. The molecule has 0 aliphatic carbocycles. The van der Waals surface area contributed by atoms with Gasteiger partial charge in [0.15, 0.2) is 0 Å². The van der Waals surface area contributed by atoms with Gasteiger partial charge in [-0.25, -0.2) is 0 Å². The number of amides is 2. The first-order valence-corrected chi connectivity index (χ1v) is 8.47. The van der Waals surface area contributed by atoms with Gasteiger partial charge < -0.3 is 10.2 Å². The van der Waals surface area contributed by atoms with E-state index in [0.29, 0.717) is 5.56 Å². The number of halogens is 4. The maximum absolute atomic E-state index is 12.9. The third-order valence-corrected chi connectivity index (χ3v) is 4.20. The molecule has 0 saturated heterocycles. The second-order valence-corrected chi connectivity index (χ2v) is 6.36. The number of aryl methyl sites for hydroxylation is 1. The third kappa shape index (κ3) is 5.47. The maximum Gasteiger partial charge on any atom is 0.416 e. The molecule has 1 N–H and O–H groups in total. The topological polar surface area (TPSA) is 49.4 Å². The molecule has 0 atom stereocenters. The summed E-state index contributed by atoms with van der Waals surface area (Å²) in [4.78, 5) is 25.1. The average molecular weight is 399 g/mol. The van der Waals surface area contributed by atoms with Crippen molar-refractivity contribution in [3.63, 3.8) is 0 Å². The SMILES string of the molecule is CC(=O)N(CCNC(=O)c1ccc(C)cc1)c1cc(C(F)(F)F)ccc1Cl. The van der Waals surface area contributed by atoms with Gasteiger partial charge in [-0.3, -0.25) is 9.59 Å². The van der Waals surface area contributed by atoms with Crippen molar-refractivity contribution in [2.45, 2.75) is 20.0 Å². The van der Waals surface area contributed by atoms with Gasteiger partial charge in [0, 0.05) is 25.6 Å². The minimum absolute atomic E-state index is 0.0167. The van der Waals surface area contributed by atoms with Crippen molar-refractivity contribution in [3.8, 4) is 0 Å². The van der Waals surface area contributed by atoms with Crippen LogP contribution in [0, 0.1) is 6.92 Å². The van der Waals surface area contributed by atoms with Gasteiger partial charge >= 0.3 is 6.18 Å². The molecule has 2 aromatic carbocycles. The van der Waals surface area contributed by atoms with Crippen molar-refractivity contribution >= 4 is 29.1 Å². The molecule has 2 rings (SSSR count). The molecular formula is C19H18ClF3N2O2. The fraction of sp³-hybridized carbons (Fsp3) is 0.263. The van der Waals surface area contributed by atoms with Crippen LogP contribution in [0.3, 0.4) is 0 Å². The minimum Gasteiger partial charge on any atom is -0.350 e. The van der Waals surface area contributed by atoms with Crippen molar-refractivity contribution in [1.29, 1.82) is 0 Å². The predicted molar refractivity (Wildman–Crippen MR) is 98.0 cm³/mol. The van der Waals surface area contributed by atoms with Crippen molar-refractivity contribution in [2.75, 3.05) is 18.0 Å². The Bertz CT molecular complexity index is 836. The lowest BCUT2D eigenvalue weighted by atomic mass is 10.1. The number of hydrogen-bond acceptors (Lipinski definition) is 2. The zero-order chi connectivity index (χ0) is 20.2. The van der Waals surface area contributed by atoms with Crippen LogP contribution < -0.4 is 10.2 Å². The molecule has 0 radical (unpaired) electrons. The fourth-order valence-corrected chi connectivity index (χ4v) is 2.65. The molecule has 0 unspecified atom stereocenters. The first-order chi connectivity index (χ1) is 12.6. The van der Waals surface area contributed by atoms with E-state index in [1.807, 2.05) is 6.92 Å². The van der Waals surface area contributed by atoms with E-state index in [0.717, 1.165) is 28.7 Å². The summed E-state index contributed by atoms with van der Waals surface area (Å²) in [5.74, 6) is -0.825. The largest absolute Gasteiger partial charge is 0.416 e. The van der Waals surface area contributed by atoms with Gasteiger partial charge in [-0.05, 0) is 37.3 Å². The molecule has 4 nitrogen and oxygen atoms in total. The van der Waals surface area contributed by atoms with Crippen LogP contribution in [0.4, 0.5) is 18.9 Å². The molecule has 0 spiro atoms. The second-order valence-electron chi connectivity index (χ2n) is 5.96. The van der Waals surface area contributed by atoms with E-state index in [1.54, 1.807) is 24.3 Å².